The highest BCUT2D eigenvalue weighted by Gasteiger charge is 2.12. The van der Waals surface area contributed by atoms with Crippen LogP contribution in [0.1, 0.15) is 10.5 Å². The van der Waals surface area contributed by atoms with E-state index in [1.54, 1.807) is 6.07 Å². The molecule has 5 heteroatoms. The van der Waals surface area contributed by atoms with Crippen LogP contribution in [0.5, 0.6) is 0 Å². The minimum Gasteiger partial charge on any atom is -0.464 e. The lowest BCUT2D eigenvalue weighted by atomic mass is 10.4. The molecule has 1 rings (SSSR count). The van der Waals surface area contributed by atoms with Crippen molar-refractivity contribution in [3.05, 3.63) is 22.9 Å². The van der Waals surface area contributed by atoms with Crippen LogP contribution in [-0.4, -0.2) is 22.9 Å². The van der Waals surface area contributed by atoms with Crippen LogP contribution < -0.4 is 0 Å². The molecule has 0 aliphatic rings. The van der Waals surface area contributed by atoms with E-state index in [4.69, 9.17) is 0 Å². The molecule has 0 bridgehead atoms. The number of esters is 1. The quantitative estimate of drug-likeness (QED) is 0.725. The van der Waals surface area contributed by atoms with Gasteiger partial charge >= 0.3 is 5.97 Å². The Morgan fingerprint density at radius 1 is 1.92 bits per heavy atom. The predicted octanol–water partition coefficient (Wildman–Crippen LogP) is 1.53. The van der Waals surface area contributed by atoms with Gasteiger partial charge in [0.1, 0.15) is 4.60 Å². The molecule has 0 saturated carbocycles. The molecule has 0 radical (unpaired) electrons. The zero-order chi connectivity index (χ0) is 9.14. The molecule has 1 heterocycles. The topological polar surface area (TPSA) is 44.1 Å². The van der Waals surface area contributed by atoms with Gasteiger partial charge < -0.3 is 4.74 Å². The molecule has 4 nitrogen and oxygen atoms in total. The molecular weight excluding hydrogens is 224 g/mol. The molecule has 0 amide bonds. The molecule has 0 saturated heterocycles. The van der Waals surface area contributed by atoms with Crippen molar-refractivity contribution in [2.24, 2.45) is 0 Å². The third-order valence-corrected chi connectivity index (χ3v) is 1.66. The maximum atomic E-state index is 11.1. The van der Waals surface area contributed by atoms with Crippen LogP contribution in [-0.2, 0) is 4.74 Å². The minimum absolute atomic E-state index is 0.347. The number of ether oxygens (including phenoxy) is 1. The Bertz CT molecular complexity index is 319. The Labute approximate surface area is 78.0 Å². The smallest absolute Gasteiger partial charge is 0.356 e. The highest BCUT2D eigenvalue weighted by molar-refractivity contribution is 9.10. The van der Waals surface area contributed by atoms with Crippen molar-refractivity contribution in [2.75, 3.05) is 7.11 Å². The van der Waals surface area contributed by atoms with E-state index in [2.05, 4.69) is 32.3 Å². The molecule has 0 spiro atoms. The lowest BCUT2D eigenvalue weighted by Gasteiger charge is -1.97. The molecule has 64 valence electrons. The summed E-state index contributed by atoms with van der Waals surface area (Å²) in [4.78, 5) is 11.1. The number of carbonyl (C=O) groups is 1. The van der Waals surface area contributed by atoms with E-state index in [9.17, 15) is 4.79 Å². The highest BCUT2D eigenvalue weighted by Crippen LogP contribution is 2.11. The van der Waals surface area contributed by atoms with E-state index in [0.717, 1.165) is 0 Å². The van der Waals surface area contributed by atoms with Gasteiger partial charge in [0.25, 0.3) is 0 Å². The standard InChI is InChI=1S/C7H7BrN2O2/c1-3-10-5(7(11)12-2)4-6(8)9-10/h3-4H,1H2,2H3. The lowest BCUT2D eigenvalue weighted by Crippen LogP contribution is -2.06. The molecule has 0 N–H and O–H groups in total. The van der Waals surface area contributed by atoms with Gasteiger partial charge in [-0.2, -0.15) is 5.10 Å². The van der Waals surface area contributed by atoms with Crippen LogP contribution in [0.4, 0.5) is 0 Å². The maximum Gasteiger partial charge on any atom is 0.356 e. The van der Waals surface area contributed by atoms with Crippen LogP contribution in [0.15, 0.2) is 17.2 Å². The van der Waals surface area contributed by atoms with Crippen LogP contribution in [0, 0.1) is 0 Å². The van der Waals surface area contributed by atoms with Crippen molar-refractivity contribution in [3.8, 4) is 0 Å². The van der Waals surface area contributed by atoms with Gasteiger partial charge in [0.2, 0.25) is 0 Å². The average molecular weight is 231 g/mol. The monoisotopic (exact) mass is 230 g/mol. The summed E-state index contributed by atoms with van der Waals surface area (Å²) in [5.41, 5.74) is 0.347. The van der Waals surface area contributed by atoms with Crippen LogP contribution in [0.3, 0.4) is 0 Å². The van der Waals surface area contributed by atoms with Crippen molar-refractivity contribution < 1.29 is 9.53 Å². The van der Waals surface area contributed by atoms with Gasteiger partial charge in [-0.3, -0.25) is 0 Å². The molecule has 0 aromatic carbocycles. The minimum atomic E-state index is -0.437. The summed E-state index contributed by atoms with van der Waals surface area (Å²) in [6, 6.07) is 1.56. The Hall–Kier alpha value is -1.10. The number of carbonyl (C=O) groups excluding carboxylic acids is 1. The van der Waals surface area contributed by atoms with Gasteiger partial charge in [-0.25, -0.2) is 9.48 Å². The lowest BCUT2D eigenvalue weighted by molar-refractivity contribution is 0.0591. The van der Waals surface area contributed by atoms with Crippen LogP contribution in [0.25, 0.3) is 6.20 Å². The molecule has 0 aliphatic heterocycles. The zero-order valence-corrected chi connectivity index (χ0v) is 8.04. The third-order valence-electron chi connectivity index (χ3n) is 1.27. The SMILES string of the molecule is C=Cn1nc(Br)cc1C(=O)OC. The van der Waals surface area contributed by atoms with E-state index >= 15 is 0 Å². The predicted molar refractivity (Wildman–Crippen MR) is 47.7 cm³/mol. The van der Waals surface area contributed by atoms with E-state index in [1.165, 1.54) is 18.0 Å². The van der Waals surface area contributed by atoms with Gasteiger partial charge in [-0.1, -0.05) is 6.58 Å². The normalized spacial score (nSPS) is 9.50. The molecule has 0 fully saturated rings. The Morgan fingerprint density at radius 3 is 3.08 bits per heavy atom. The summed E-state index contributed by atoms with van der Waals surface area (Å²) in [6.07, 6.45) is 1.43. The van der Waals surface area contributed by atoms with Crippen molar-refractivity contribution in [1.82, 2.24) is 9.78 Å². The molecule has 1 aromatic rings. The fraction of sp³-hybridized carbons (Fsp3) is 0.143. The number of hydrogen-bond donors (Lipinski definition) is 0. The maximum absolute atomic E-state index is 11.1. The largest absolute Gasteiger partial charge is 0.464 e. The first kappa shape index (κ1) is 8.99. The first-order chi connectivity index (χ1) is 5.69. The summed E-state index contributed by atoms with van der Waals surface area (Å²) in [5, 5.41) is 3.91. The zero-order valence-electron chi connectivity index (χ0n) is 6.45. The number of aromatic nitrogens is 2. The van der Waals surface area contributed by atoms with Gasteiger partial charge in [0.05, 0.1) is 7.11 Å². The van der Waals surface area contributed by atoms with E-state index in [-0.39, 0.29) is 0 Å². The van der Waals surface area contributed by atoms with Gasteiger partial charge in [-0.15, -0.1) is 0 Å². The number of rotatable bonds is 2. The first-order valence-corrected chi connectivity index (χ1v) is 3.94. The highest BCUT2D eigenvalue weighted by atomic mass is 79.9. The number of nitrogens with zero attached hydrogens (tertiary/aromatic N) is 2. The molecule has 0 aliphatic carbocycles. The Balaban J connectivity index is 3.12. The van der Waals surface area contributed by atoms with Crippen molar-refractivity contribution in [1.29, 1.82) is 0 Å². The van der Waals surface area contributed by atoms with Gasteiger partial charge in [-0.05, 0) is 15.9 Å². The van der Waals surface area contributed by atoms with E-state index in [0.29, 0.717) is 10.3 Å². The summed E-state index contributed by atoms with van der Waals surface area (Å²) >= 11 is 3.13. The molecular formula is C7H7BrN2O2. The van der Waals surface area contributed by atoms with Crippen LogP contribution >= 0.6 is 15.9 Å². The Morgan fingerprint density at radius 2 is 2.58 bits per heavy atom. The number of halogens is 1. The summed E-state index contributed by atoms with van der Waals surface area (Å²) in [7, 11) is 1.32. The second-order valence-electron chi connectivity index (χ2n) is 1.97. The summed E-state index contributed by atoms with van der Waals surface area (Å²) in [6.45, 7) is 3.49. The van der Waals surface area contributed by atoms with E-state index in [1.807, 2.05) is 0 Å². The number of hydrogen-bond acceptors (Lipinski definition) is 3. The second-order valence-corrected chi connectivity index (χ2v) is 2.78. The fourth-order valence-corrected chi connectivity index (χ4v) is 1.15. The third kappa shape index (κ3) is 1.55. The van der Waals surface area contributed by atoms with Gasteiger partial charge in [0, 0.05) is 12.3 Å². The summed E-state index contributed by atoms with van der Waals surface area (Å²) in [5.74, 6) is -0.437. The van der Waals surface area contributed by atoms with Gasteiger partial charge in [0.15, 0.2) is 5.69 Å². The van der Waals surface area contributed by atoms with Crippen molar-refractivity contribution >= 4 is 28.1 Å². The van der Waals surface area contributed by atoms with Crippen molar-refractivity contribution in [2.45, 2.75) is 0 Å². The van der Waals surface area contributed by atoms with E-state index < -0.39 is 5.97 Å². The average Bonchev–Trinajstić information content (AvgIpc) is 2.45. The molecule has 1 aromatic heterocycles. The second kappa shape index (κ2) is 3.53. The number of methoxy groups -OCH3 is 1. The molecule has 0 unspecified atom stereocenters. The molecule has 12 heavy (non-hydrogen) atoms. The Kier molecular flexibility index (Phi) is 2.65. The van der Waals surface area contributed by atoms with Crippen molar-refractivity contribution in [3.63, 3.8) is 0 Å². The fourth-order valence-electron chi connectivity index (χ4n) is 0.761. The molecule has 0 atom stereocenters. The first-order valence-electron chi connectivity index (χ1n) is 3.15. The van der Waals surface area contributed by atoms with Crippen LogP contribution in [0.2, 0.25) is 0 Å². The summed E-state index contributed by atoms with van der Waals surface area (Å²) < 4.78 is 6.44.